The number of benzene rings is 1. The second-order valence-electron chi connectivity index (χ2n) is 3.76. The quantitative estimate of drug-likeness (QED) is 0.492. The zero-order valence-corrected chi connectivity index (χ0v) is 10.4. The van der Waals surface area contributed by atoms with Crippen molar-refractivity contribution >= 4 is 11.8 Å². The molecule has 0 amide bonds. The molecule has 0 N–H and O–H groups in total. The first-order chi connectivity index (χ1) is 7.36. The Morgan fingerprint density at radius 3 is 2.80 bits per heavy atom. The molecule has 1 heteroatoms. The van der Waals surface area contributed by atoms with E-state index in [0.29, 0.717) is 0 Å². The molecule has 0 saturated heterocycles. The number of allylic oxidation sites excluding steroid dienone is 1. The van der Waals surface area contributed by atoms with Crippen molar-refractivity contribution in [2.45, 2.75) is 25.7 Å². The minimum Gasteiger partial charge on any atom is -0.165 e. The van der Waals surface area contributed by atoms with Crippen LogP contribution in [0.4, 0.5) is 0 Å². The van der Waals surface area contributed by atoms with Crippen molar-refractivity contribution in [3.63, 3.8) is 0 Å². The highest BCUT2D eigenvalue weighted by Gasteiger charge is 1.95. The Kier molecular flexibility index (Phi) is 6.26. The molecule has 0 heterocycles. The van der Waals surface area contributed by atoms with Crippen LogP contribution in [-0.4, -0.2) is 12.0 Å². The molecule has 0 fully saturated rings. The van der Waals surface area contributed by atoms with Gasteiger partial charge in [0.1, 0.15) is 0 Å². The van der Waals surface area contributed by atoms with Crippen LogP contribution in [0.3, 0.4) is 0 Å². The fraction of sp³-hybridized carbons (Fsp3) is 0.429. The summed E-state index contributed by atoms with van der Waals surface area (Å²) >= 11 is 1.93. The normalized spacial score (nSPS) is 10.2. The number of hydrogen-bond donors (Lipinski definition) is 0. The van der Waals surface area contributed by atoms with E-state index in [0.717, 1.165) is 6.42 Å². The van der Waals surface area contributed by atoms with Gasteiger partial charge in [-0.05, 0) is 48.8 Å². The molecular formula is C14H20S. The second kappa shape index (κ2) is 7.58. The fourth-order valence-electron chi connectivity index (χ4n) is 1.65. The summed E-state index contributed by atoms with van der Waals surface area (Å²) in [4.78, 5) is 0. The van der Waals surface area contributed by atoms with Crippen LogP contribution < -0.4 is 0 Å². The van der Waals surface area contributed by atoms with Gasteiger partial charge in [-0.2, -0.15) is 11.8 Å². The maximum absolute atomic E-state index is 3.77. The Balaban J connectivity index is 2.39. The first kappa shape index (κ1) is 12.4. The Hall–Kier alpha value is -0.690. The Bertz CT molecular complexity index is 291. The first-order valence-corrected chi connectivity index (χ1v) is 6.94. The Labute approximate surface area is 97.8 Å². The molecular weight excluding hydrogens is 200 g/mol. The summed E-state index contributed by atoms with van der Waals surface area (Å²) < 4.78 is 0. The summed E-state index contributed by atoms with van der Waals surface area (Å²) in [5, 5.41) is 0. The van der Waals surface area contributed by atoms with Crippen LogP contribution in [0.5, 0.6) is 0 Å². The van der Waals surface area contributed by atoms with Gasteiger partial charge < -0.3 is 0 Å². The van der Waals surface area contributed by atoms with Gasteiger partial charge in [0.05, 0.1) is 0 Å². The van der Waals surface area contributed by atoms with Crippen LogP contribution in [0.2, 0.25) is 0 Å². The summed E-state index contributed by atoms with van der Waals surface area (Å²) in [6.45, 7) is 3.77. The van der Waals surface area contributed by atoms with E-state index in [9.17, 15) is 0 Å². The molecule has 0 bridgehead atoms. The van der Waals surface area contributed by atoms with Crippen molar-refractivity contribution in [1.82, 2.24) is 0 Å². The molecule has 1 rings (SSSR count). The van der Waals surface area contributed by atoms with Gasteiger partial charge in [0.25, 0.3) is 0 Å². The number of aryl methyl sites for hydroxylation is 1. The van der Waals surface area contributed by atoms with E-state index in [2.05, 4.69) is 37.1 Å². The fourth-order valence-corrected chi connectivity index (χ4v) is 2.15. The molecule has 0 atom stereocenters. The van der Waals surface area contributed by atoms with Gasteiger partial charge in [0, 0.05) is 0 Å². The van der Waals surface area contributed by atoms with Crippen molar-refractivity contribution in [3.8, 4) is 0 Å². The molecule has 15 heavy (non-hydrogen) atoms. The highest BCUT2D eigenvalue weighted by Crippen LogP contribution is 2.10. The molecule has 82 valence electrons. The van der Waals surface area contributed by atoms with E-state index in [1.54, 1.807) is 0 Å². The van der Waals surface area contributed by atoms with Crippen molar-refractivity contribution in [2.24, 2.45) is 0 Å². The Morgan fingerprint density at radius 1 is 1.27 bits per heavy atom. The molecule has 0 nitrogen and oxygen atoms in total. The van der Waals surface area contributed by atoms with E-state index in [4.69, 9.17) is 0 Å². The van der Waals surface area contributed by atoms with E-state index < -0.39 is 0 Å². The van der Waals surface area contributed by atoms with Crippen LogP contribution in [0.15, 0.2) is 36.9 Å². The van der Waals surface area contributed by atoms with Gasteiger partial charge in [0.15, 0.2) is 0 Å². The van der Waals surface area contributed by atoms with Crippen molar-refractivity contribution in [3.05, 3.63) is 48.0 Å². The number of hydrogen-bond acceptors (Lipinski definition) is 1. The van der Waals surface area contributed by atoms with Crippen LogP contribution in [0.1, 0.15) is 24.0 Å². The van der Waals surface area contributed by atoms with Gasteiger partial charge in [-0.15, -0.1) is 6.58 Å². The van der Waals surface area contributed by atoms with Crippen LogP contribution >= 0.6 is 11.8 Å². The van der Waals surface area contributed by atoms with E-state index in [-0.39, 0.29) is 0 Å². The van der Waals surface area contributed by atoms with Gasteiger partial charge in [-0.25, -0.2) is 0 Å². The lowest BCUT2D eigenvalue weighted by atomic mass is 10.0. The third-order valence-electron chi connectivity index (χ3n) is 2.44. The largest absolute Gasteiger partial charge is 0.165 e. The molecule has 0 aliphatic heterocycles. The predicted octanol–water partition coefficient (Wildman–Crippen LogP) is 4.10. The molecule has 0 radical (unpaired) electrons. The monoisotopic (exact) mass is 220 g/mol. The number of unbranched alkanes of at least 4 members (excludes halogenated alkanes) is 1. The number of rotatable bonds is 7. The van der Waals surface area contributed by atoms with Gasteiger partial charge in [0.2, 0.25) is 0 Å². The average molecular weight is 220 g/mol. The molecule has 1 aromatic carbocycles. The molecule has 0 unspecified atom stereocenters. The zero-order valence-electron chi connectivity index (χ0n) is 9.54. The summed E-state index contributed by atoms with van der Waals surface area (Å²) in [7, 11) is 0. The first-order valence-electron chi connectivity index (χ1n) is 5.54. The van der Waals surface area contributed by atoms with E-state index >= 15 is 0 Å². The van der Waals surface area contributed by atoms with Crippen LogP contribution in [0.25, 0.3) is 0 Å². The van der Waals surface area contributed by atoms with Gasteiger partial charge in [-0.3, -0.25) is 0 Å². The Morgan fingerprint density at radius 2 is 2.07 bits per heavy atom. The summed E-state index contributed by atoms with van der Waals surface area (Å²) in [6, 6.07) is 8.86. The average Bonchev–Trinajstić information content (AvgIpc) is 2.26. The minimum absolute atomic E-state index is 0.985. The maximum Gasteiger partial charge on any atom is -0.00702 e. The summed E-state index contributed by atoms with van der Waals surface area (Å²) in [5.41, 5.74) is 2.85. The predicted molar refractivity (Wildman–Crippen MR) is 71.7 cm³/mol. The molecule has 1 aromatic rings. The van der Waals surface area contributed by atoms with Crippen molar-refractivity contribution < 1.29 is 0 Å². The molecule has 0 saturated carbocycles. The highest BCUT2D eigenvalue weighted by molar-refractivity contribution is 7.98. The molecule has 0 aliphatic rings. The van der Waals surface area contributed by atoms with Gasteiger partial charge in [-0.1, -0.05) is 30.3 Å². The molecule has 0 aromatic heterocycles. The van der Waals surface area contributed by atoms with E-state index in [1.165, 1.54) is 36.1 Å². The van der Waals surface area contributed by atoms with Crippen LogP contribution in [0, 0.1) is 0 Å². The van der Waals surface area contributed by atoms with Crippen molar-refractivity contribution in [1.29, 1.82) is 0 Å². The maximum atomic E-state index is 3.77. The zero-order chi connectivity index (χ0) is 10.9. The lowest BCUT2D eigenvalue weighted by Gasteiger charge is -2.03. The second-order valence-corrected chi connectivity index (χ2v) is 4.75. The third-order valence-corrected chi connectivity index (χ3v) is 3.13. The summed E-state index contributed by atoms with van der Waals surface area (Å²) in [6.07, 6.45) is 8.97. The lowest BCUT2D eigenvalue weighted by Crippen LogP contribution is -1.89. The summed E-state index contributed by atoms with van der Waals surface area (Å²) in [5.74, 6) is 1.28. The van der Waals surface area contributed by atoms with Crippen molar-refractivity contribution in [2.75, 3.05) is 12.0 Å². The topological polar surface area (TPSA) is 0 Å². The van der Waals surface area contributed by atoms with E-state index in [1.807, 2.05) is 17.8 Å². The lowest BCUT2D eigenvalue weighted by molar-refractivity contribution is 0.802. The smallest absolute Gasteiger partial charge is 0.00702 e. The standard InChI is InChI=1S/C14H20S/c1-3-7-13-9-6-10-14(12-13)8-4-5-11-15-2/h3,6,9-10,12H,1,4-5,7-8,11H2,2H3. The van der Waals surface area contributed by atoms with Gasteiger partial charge >= 0.3 is 0 Å². The molecule has 0 aliphatic carbocycles. The highest BCUT2D eigenvalue weighted by atomic mass is 32.2. The van der Waals surface area contributed by atoms with Crippen LogP contribution in [-0.2, 0) is 12.8 Å². The minimum atomic E-state index is 0.985. The molecule has 0 spiro atoms. The third kappa shape index (κ3) is 5.08. The SMILES string of the molecule is C=CCc1cccc(CCCCSC)c1. The number of thioether (sulfide) groups is 1.